The highest BCUT2D eigenvalue weighted by Gasteiger charge is 2.24. The first-order valence-corrected chi connectivity index (χ1v) is 7.38. The third-order valence-corrected chi connectivity index (χ3v) is 3.57. The Morgan fingerprint density at radius 3 is 2.53 bits per heavy atom. The normalized spacial score (nSPS) is 15.3. The van der Waals surface area contributed by atoms with E-state index in [0.717, 1.165) is 31.5 Å². The minimum Gasteiger partial charge on any atom is -0.338 e. The largest absolute Gasteiger partial charge is 0.338 e. The first-order chi connectivity index (χ1) is 8.97. The maximum absolute atomic E-state index is 12.4. The summed E-state index contributed by atoms with van der Waals surface area (Å²) in [6.45, 7) is 10.5. The minimum atomic E-state index is 0.214. The lowest BCUT2D eigenvalue weighted by Crippen LogP contribution is -2.39. The van der Waals surface area contributed by atoms with Crippen molar-refractivity contribution < 1.29 is 4.79 Å². The average Bonchev–Trinajstić information content (AvgIpc) is 2.31. The average molecular weight is 259 g/mol. The van der Waals surface area contributed by atoms with Crippen molar-refractivity contribution in [1.29, 1.82) is 0 Å². The Hall–Kier alpha value is -1.31. The van der Waals surface area contributed by atoms with Gasteiger partial charge in [0.2, 0.25) is 0 Å². The van der Waals surface area contributed by atoms with Crippen molar-refractivity contribution in [1.82, 2.24) is 4.90 Å². The van der Waals surface area contributed by atoms with Crippen LogP contribution in [0.2, 0.25) is 0 Å². The zero-order chi connectivity index (χ0) is 14.0. The number of carbonyl (C=O) groups is 1. The van der Waals surface area contributed by atoms with E-state index in [1.54, 1.807) is 0 Å². The predicted molar refractivity (Wildman–Crippen MR) is 79.4 cm³/mol. The number of amides is 1. The maximum atomic E-state index is 12.4. The van der Waals surface area contributed by atoms with Crippen molar-refractivity contribution in [3.63, 3.8) is 0 Å². The summed E-state index contributed by atoms with van der Waals surface area (Å²) in [7, 11) is 0. The van der Waals surface area contributed by atoms with Gasteiger partial charge in [-0.15, -0.1) is 0 Å². The topological polar surface area (TPSA) is 20.3 Å². The van der Waals surface area contributed by atoms with E-state index >= 15 is 0 Å². The fourth-order valence-corrected chi connectivity index (χ4v) is 2.80. The summed E-state index contributed by atoms with van der Waals surface area (Å²) >= 11 is 0. The van der Waals surface area contributed by atoms with Gasteiger partial charge >= 0.3 is 0 Å². The van der Waals surface area contributed by atoms with E-state index in [0.29, 0.717) is 11.8 Å². The van der Waals surface area contributed by atoms with Crippen LogP contribution >= 0.6 is 0 Å². The minimum absolute atomic E-state index is 0.214. The fourth-order valence-electron chi connectivity index (χ4n) is 2.80. The standard InChI is InChI=1S/C17H25NO/c1-12(2)9-14-5-6-16-15(10-14)7-8-18(17(16)19)11-13(3)4/h5-6,10,12-13H,7-9,11H2,1-4H3. The van der Waals surface area contributed by atoms with Gasteiger partial charge in [-0.1, -0.05) is 39.8 Å². The Morgan fingerprint density at radius 2 is 1.89 bits per heavy atom. The molecule has 1 heterocycles. The summed E-state index contributed by atoms with van der Waals surface area (Å²) in [5, 5.41) is 0. The molecular weight excluding hydrogens is 234 g/mol. The van der Waals surface area contributed by atoms with Gasteiger partial charge in [-0.2, -0.15) is 0 Å². The molecule has 0 saturated heterocycles. The molecule has 2 heteroatoms. The second-order valence-corrected chi connectivity index (χ2v) is 6.48. The van der Waals surface area contributed by atoms with Crippen LogP contribution in [0.1, 0.15) is 49.2 Å². The van der Waals surface area contributed by atoms with Crippen molar-refractivity contribution in [2.45, 2.75) is 40.5 Å². The number of hydrogen-bond donors (Lipinski definition) is 0. The molecule has 1 aliphatic heterocycles. The van der Waals surface area contributed by atoms with Crippen molar-refractivity contribution in [3.8, 4) is 0 Å². The van der Waals surface area contributed by atoms with E-state index in [1.165, 1.54) is 11.1 Å². The monoisotopic (exact) mass is 259 g/mol. The van der Waals surface area contributed by atoms with Crippen molar-refractivity contribution in [2.24, 2.45) is 11.8 Å². The smallest absolute Gasteiger partial charge is 0.254 e. The molecule has 0 fully saturated rings. The fraction of sp³-hybridized carbons (Fsp3) is 0.588. The van der Waals surface area contributed by atoms with Gasteiger partial charge in [-0.05, 0) is 41.9 Å². The Morgan fingerprint density at radius 1 is 1.16 bits per heavy atom. The van der Waals surface area contributed by atoms with E-state index in [4.69, 9.17) is 0 Å². The third kappa shape index (κ3) is 3.37. The third-order valence-electron chi connectivity index (χ3n) is 3.57. The SMILES string of the molecule is CC(C)Cc1ccc2c(c1)CCN(CC(C)C)C2=O. The quantitative estimate of drug-likeness (QED) is 0.810. The predicted octanol–water partition coefficient (Wildman–Crippen LogP) is 3.54. The molecule has 0 aliphatic carbocycles. The number of hydrogen-bond acceptors (Lipinski definition) is 1. The van der Waals surface area contributed by atoms with E-state index in [1.807, 2.05) is 11.0 Å². The molecule has 0 radical (unpaired) electrons. The second kappa shape index (κ2) is 5.77. The molecule has 0 spiro atoms. The number of fused-ring (bicyclic) bond motifs is 1. The van der Waals surface area contributed by atoms with Gasteiger partial charge in [0.05, 0.1) is 0 Å². The lowest BCUT2D eigenvalue weighted by molar-refractivity contribution is 0.0720. The van der Waals surface area contributed by atoms with Gasteiger partial charge in [0.15, 0.2) is 0 Å². The summed E-state index contributed by atoms with van der Waals surface area (Å²) in [6.07, 6.45) is 2.09. The van der Waals surface area contributed by atoms with Gasteiger partial charge in [0, 0.05) is 18.7 Å². The van der Waals surface area contributed by atoms with Crippen LogP contribution < -0.4 is 0 Å². The lowest BCUT2D eigenvalue weighted by atomic mass is 9.93. The summed E-state index contributed by atoms with van der Waals surface area (Å²) in [6, 6.07) is 6.39. The van der Waals surface area contributed by atoms with Gasteiger partial charge in [0.1, 0.15) is 0 Å². The van der Waals surface area contributed by atoms with E-state index in [9.17, 15) is 4.79 Å². The van der Waals surface area contributed by atoms with Gasteiger partial charge < -0.3 is 4.90 Å². The number of nitrogens with zero attached hydrogens (tertiary/aromatic N) is 1. The Labute approximate surface area is 116 Å². The Kier molecular flexibility index (Phi) is 4.28. The van der Waals surface area contributed by atoms with Crippen LogP contribution in [0.4, 0.5) is 0 Å². The molecule has 0 bridgehead atoms. The molecule has 0 atom stereocenters. The highest BCUT2D eigenvalue weighted by molar-refractivity contribution is 5.96. The Bertz CT molecular complexity index is 462. The number of benzene rings is 1. The van der Waals surface area contributed by atoms with E-state index in [2.05, 4.69) is 39.8 Å². The lowest BCUT2D eigenvalue weighted by Gasteiger charge is -2.30. The van der Waals surface area contributed by atoms with Gasteiger partial charge in [0.25, 0.3) is 5.91 Å². The van der Waals surface area contributed by atoms with Crippen LogP contribution in [-0.4, -0.2) is 23.9 Å². The van der Waals surface area contributed by atoms with Gasteiger partial charge in [-0.25, -0.2) is 0 Å². The van der Waals surface area contributed by atoms with Crippen molar-refractivity contribution in [3.05, 3.63) is 34.9 Å². The molecule has 0 aromatic heterocycles. The van der Waals surface area contributed by atoms with Crippen LogP contribution in [0.3, 0.4) is 0 Å². The van der Waals surface area contributed by atoms with Crippen LogP contribution in [0.5, 0.6) is 0 Å². The summed E-state index contributed by atoms with van der Waals surface area (Å²) in [4.78, 5) is 14.4. The molecule has 19 heavy (non-hydrogen) atoms. The van der Waals surface area contributed by atoms with Gasteiger partial charge in [-0.3, -0.25) is 4.79 Å². The van der Waals surface area contributed by atoms with Crippen LogP contribution in [0, 0.1) is 11.8 Å². The number of rotatable bonds is 4. The van der Waals surface area contributed by atoms with E-state index in [-0.39, 0.29) is 5.91 Å². The molecule has 0 N–H and O–H groups in total. The maximum Gasteiger partial charge on any atom is 0.254 e. The van der Waals surface area contributed by atoms with Crippen LogP contribution in [0.25, 0.3) is 0 Å². The molecule has 104 valence electrons. The molecule has 1 aromatic rings. The molecule has 2 rings (SSSR count). The zero-order valence-corrected chi connectivity index (χ0v) is 12.6. The first kappa shape index (κ1) is 14.1. The highest BCUT2D eigenvalue weighted by Crippen LogP contribution is 2.22. The highest BCUT2D eigenvalue weighted by atomic mass is 16.2. The number of carbonyl (C=O) groups excluding carboxylic acids is 1. The first-order valence-electron chi connectivity index (χ1n) is 7.38. The van der Waals surface area contributed by atoms with Crippen LogP contribution in [-0.2, 0) is 12.8 Å². The molecule has 0 unspecified atom stereocenters. The zero-order valence-electron chi connectivity index (χ0n) is 12.6. The Balaban J connectivity index is 2.19. The molecule has 1 aromatic carbocycles. The van der Waals surface area contributed by atoms with Crippen molar-refractivity contribution in [2.75, 3.05) is 13.1 Å². The molecule has 1 aliphatic rings. The van der Waals surface area contributed by atoms with Crippen LogP contribution in [0.15, 0.2) is 18.2 Å². The van der Waals surface area contributed by atoms with Crippen molar-refractivity contribution >= 4 is 5.91 Å². The molecular formula is C17H25NO. The summed E-state index contributed by atoms with van der Waals surface area (Å²) in [5.74, 6) is 1.41. The summed E-state index contributed by atoms with van der Waals surface area (Å²) < 4.78 is 0. The summed E-state index contributed by atoms with van der Waals surface area (Å²) in [5.41, 5.74) is 3.52. The molecule has 0 saturated carbocycles. The molecule has 2 nitrogen and oxygen atoms in total. The van der Waals surface area contributed by atoms with E-state index < -0.39 is 0 Å². The molecule has 1 amide bonds. The second-order valence-electron chi connectivity index (χ2n) is 6.48.